The minimum absolute atomic E-state index is 0.0706. The predicted octanol–water partition coefficient (Wildman–Crippen LogP) is 0.233. The molecule has 1 saturated heterocycles. The lowest BCUT2D eigenvalue weighted by Crippen LogP contribution is -2.44. The van der Waals surface area contributed by atoms with Crippen molar-refractivity contribution in [2.24, 2.45) is 11.1 Å². The number of carbonyl (C=O) groups is 1. The Morgan fingerprint density at radius 3 is 2.95 bits per heavy atom. The number of aryl methyl sites for hydroxylation is 1. The van der Waals surface area contributed by atoms with Gasteiger partial charge in [-0.1, -0.05) is 0 Å². The molecule has 0 radical (unpaired) electrons. The van der Waals surface area contributed by atoms with E-state index in [2.05, 4.69) is 4.72 Å². The van der Waals surface area contributed by atoms with Gasteiger partial charge in [0.15, 0.2) is 5.76 Å². The summed E-state index contributed by atoms with van der Waals surface area (Å²) in [5.41, 5.74) is 0.805. The molecule has 1 aliphatic heterocycles. The highest BCUT2D eigenvalue weighted by molar-refractivity contribution is 7.87. The smallest absolute Gasteiger partial charge is 0.289 e. The molecule has 0 aromatic carbocycles. The zero-order valence-corrected chi connectivity index (χ0v) is 12.1. The molecule has 1 aromatic rings. The van der Waals surface area contributed by atoms with Crippen LogP contribution in [-0.4, -0.2) is 38.9 Å². The topological polar surface area (TPSA) is 106 Å². The number of nitrogens with one attached hydrogen (secondary N) is 1. The first-order valence-corrected chi connectivity index (χ1v) is 8.02. The van der Waals surface area contributed by atoms with E-state index in [1.54, 1.807) is 11.0 Å². The maximum absolute atomic E-state index is 12.3. The van der Waals surface area contributed by atoms with Gasteiger partial charge in [-0.15, -0.1) is 0 Å². The molecule has 3 N–H and O–H groups in total. The molecule has 112 valence electrons. The van der Waals surface area contributed by atoms with Gasteiger partial charge in [-0.05, 0) is 31.7 Å². The molecule has 1 unspecified atom stereocenters. The summed E-state index contributed by atoms with van der Waals surface area (Å²) >= 11 is 0. The monoisotopic (exact) mass is 301 g/mol. The zero-order valence-electron chi connectivity index (χ0n) is 11.3. The number of hydrogen-bond donors (Lipinski definition) is 2. The van der Waals surface area contributed by atoms with Crippen LogP contribution < -0.4 is 9.86 Å². The third kappa shape index (κ3) is 3.81. The second-order valence-corrected chi connectivity index (χ2v) is 6.46. The van der Waals surface area contributed by atoms with Crippen LogP contribution >= 0.6 is 0 Å². The van der Waals surface area contributed by atoms with Crippen LogP contribution in [0.4, 0.5) is 0 Å². The highest BCUT2D eigenvalue weighted by Gasteiger charge is 2.27. The third-order valence-electron chi connectivity index (χ3n) is 3.44. The summed E-state index contributed by atoms with van der Waals surface area (Å²) in [5.74, 6) is 0.277. The van der Waals surface area contributed by atoms with Crippen molar-refractivity contribution in [3.63, 3.8) is 0 Å². The van der Waals surface area contributed by atoms with Crippen molar-refractivity contribution in [2.75, 3.05) is 19.6 Å². The number of piperidine rings is 1. The average Bonchev–Trinajstić information content (AvgIpc) is 2.81. The molecular formula is C12H19N3O4S. The van der Waals surface area contributed by atoms with Crippen LogP contribution in [0.2, 0.25) is 0 Å². The number of nitrogens with two attached hydrogens (primary N) is 1. The van der Waals surface area contributed by atoms with Crippen molar-refractivity contribution in [3.8, 4) is 0 Å². The minimum atomic E-state index is -3.68. The Hall–Kier alpha value is -1.38. The Labute approximate surface area is 118 Å². The van der Waals surface area contributed by atoms with Crippen LogP contribution in [0.1, 0.15) is 29.0 Å². The third-order valence-corrected chi connectivity index (χ3v) is 4.00. The lowest BCUT2D eigenvalue weighted by Gasteiger charge is -2.32. The first kappa shape index (κ1) is 15.0. The van der Waals surface area contributed by atoms with Gasteiger partial charge in [0.1, 0.15) is 0 Å². The summed E-state index contributed by atoms with van der Waals surface area (Å²) in [5, 5.41) is 4.91. The minimum Gasteiger partial charge on any atom is -0.459 e. The molecule has 2 heterocycles. The number of rotatable bonds is 4. The van der Waals surface area contributed by atoms with Crippen LogP contribution in [-0.2, 0) is 10.2 Å². The lowest BCUT2D eigenvalue weighted by atomic mass is 9.98. The van der Waals surface area contributed by atoms with Gasteiger partial charge >= 0.3 is 0 Å². The van der Waals surface area contributed by atoms with Crippen molar-refractivity contribution >= 4 is 16.1 Å². The highest BCUT2D eigenvalue weighted by atomic mass is 32.2. The fourth-order valence-corrected chi connectivity index (χ4v) is 2.85. The lowest BCUT2D eigenvalue weighted by molar-refractivity contribution is 0.0643. The summed E-state index contributed by atoms with van der Waals surface area (Å²) in [7, 11) is -3.68. The SMILES string of the molecule is Cc1ccoc1C(=O)N1CCCC(CNS(N)(=O)=O)C1. The molecule has 1 aromatic heterocycles. The van der Waals surface area contributed by atoms with E-state index in [4.69, 9.17) is 9.56 Å². The summed E-state index contributed by atoms with van der Waals surface area (Å²) < 4.78 is 29.3. The van der Waals surface area contributed by atoms with Crippen molar-refractivity contribution < 1.29 is 17.6 Å². The standard InChI is InChI=1S/C12H19N3O4S/c1-9-4-6-19-11(9)12(16)15-5-2-3-10(8-15)7-14-20(13,17)18/h4,6,10,14H,2-3,5,7-8H2,1H3,(H2,13,17,18). The molecule has 0 spiro atoms. The normalized spacial score (nSPS) is 20.1. The molecule has 2 rings (SSSR count). The van der Waals surface area contributed by atoms with Gasteiger partial charge in [0, 0.05) is 25.2 Å². The first-order valence-electron chi connectivity index (χ1n) is 6.47. The Morgan fingerprint density at radius 2 is 2.35 bits per heavy atom. The fraction of sp³-hybridized carbons (Fsp3) is 0.583. The van der Waals surface area contributed by atoms with Crippen LogP contribution in [0.3, 0.4) is 0 Å². The fourth-order valence-electron chi connectivity index (χ4n) is 2.39. The maximum Gasteiger partial charge on any atom is 0.289 e. The number of nitrogens with zero attached hydrogens (tertiary/aromatic N) is 1. The summed E-state index contributed by atoms with van der Waals surface area (Å²) in [4.78, 5) is 14.0. The van der Waals surface area contributed by atoms with Gasteiger partial charge < -0.3 is 9.32 Å². The van der Waals surface area contributed by atoms with E-state index in [0.717, 1.165) is 18.4 Å². The maximum atomic E-state index is 12.3. The Kier molecular flexibility index (Phi) is 4.46. The number of carbonyl (C=O) groups excluding carboxylic acids is 1. The molecule has 1 atom stereocenters. The van der Waals surface area contributed by atoms with E-state index >= 15 is 0 Å². The molecule has 0 aliphatic carbocycles. The predicted molar refractivity (Wildman–Crippen MR) is 73.2 cm³/mol. The summed E-state index contributed by atoms with van der Waals surface area (Å²) in [6.45, 7) is 3.23. The highest BCUT2D eigenvalue weighted by Crippen LogP contribution is 2.20. The number of furan rings is 1. The van der Waals surface area contributed by atoms with Gasteiger partial charge in [-0.3, -0.25) is 4.79 Å². The van der Waals surface area contributed by atoms with Crippen molar-refractivity contribution in [1.29, 1.82) is 0 Å². The molecule has 1 aliphatic rings. The quantitative estimate of drug-likeness (QED) is 0.830. The van der Waals surface area contributed by atoms with Gasteiger partial charge in [-0.25, -0.2) is 9.86 Å². The summed E-state index contributed by atoms with van der Waals surface area (Å²) in [6.07, 6.45) is 3.19. The van der Waals surface area contributed by atoms with E-state index in [9.17, 15) is 13.2 Å². The molecule has 1 fully saturated rings. The largest absolute Gasteiger partial charge is 0.459 e. The van der Waals surface area contributed by atoms with Crippen molar-refractivity contribution in [2.45, 2.75) is 19.8 Å². The first-order chi connectivity index (χ1) is 9.37. The second-order valence-electron chi connectivity index (χ2n) is 5.09. The van der Waals surface area contributed by atoms with Crippen LogP contribution in [0.15, 0.2) is 16.7 Å². The molecule has 20 heavy (non-hydrogen) atoms. The van der Waals surface area contributed by atoms with Crippen molar-refractivity contribution in [3.05, 3.63) is 23.7 Å². The molecule has 7 nitrogen and oxygen atoms in total. The molecule has 0 saturated carbocycles. The van der Waals surface area contributed by atoms with Gasteiger partial charge in [0.25, 0.3) is 16.1 Å². The molecule has 1 amide bonds. The Bertz CT molecular complexity index is 581. The molecule has 8 heteroatoms. The number of hydrogen-bond acceptors (Lipinski definition) is 4. The van der Waals surface area contributed by atoms with Crippen LogP contribution in [0.5, 0.6) is 0 Å². The second kappa shape index (κ2) is 5.94. The zero-order chi connectivity index (χ0) is 14.8. The van der Waals surface area contributed by atoms with E-state index in [1.807, 2.05) is 6.92 Å². The van der Waals surface area contributed by atoms with E-state index in [-0.39, 0.29) is 18.4 Å². The van der Waals surface area contributed by atoms with E-state index in [0.29, 0.717) is 18.8 Å². The van der Waals surface area contributed by atoms with Crippen molar-refractivity contribution in [1.82, 2.24) is 9.62 Å². The molecule has 0 bridgehead atoms. The van der Waals surface area contributed by atoms with Crippen LogP contribution in [0.25, 0.3) is 0 Å². The van der Waals surface area contributed by atoms with Gasteiger partial charge in [0.05, 0.1) is 6.26 Å². The Morgan fingerprint density at radius 1 is 1.60 bits per heavy atom. The van der Waals surface area contributed by atoms with E-state index in [1.165, 1.54) is 6.26 Å². The summed E-state index contributed by atoms with van der Waals surface area (Å²) in [6, 6.07) is 1.75. The van der Waals surface area contributed by atoms with Crippen LogP contribution in [0, 0.1) is 12.8 Å². The van der Waals surface area contributed by atoms with Gasteiger partial charge in [-0.2, -0.15) is 8.42 Å². The number of amides is 1. The number of likely N-dealkylation sites (tertiary alicyclic amines) is 1. The van der Waals surface area contributed by atoms with Gasteiger partial charge in [0.2, 0.25) is 0 Å². The molecular weight excluding hydrogens is 282 g/mol. The average molecular weight is 301 g/mol. The van der Waals surface area contributed by atoms with E-state index < -0.39 is 10.2 Å². The Balaban J connectivity index is 1.97.